The van der Waals surface area contributed by atoms with Gasteiger partial charge in [0.2, 0.25) is 5.96 Å². The average molecular weight is 403 g/mol. The minimum absolute atomic E-state index is 0. The van der Waals surface area contributed by atoms with Crippen molar-refractivity contribution in [1.82, 2.24) is 10.2 Å². The van der Waals surface area contributed by atoms with Crippen molar-refractivity contribution in [3.63, 3.8) is 0 Å². The van der Waals surface area contributed by atoms with Gasteiger partial charge in [0.25, 0.3) is 5.91 Å². The first-order valence-corrected chi connectivity index (χ1v) is 8.22. The Hall–Kier alpha value is -0.470. The minimum Gasteiger partial charge on any atom is -0.387 e. The third-order valence-corrected chi connectivity index (χ3v) is 4.07. The monoisotopic (exact) mass is 403 g/mol. The maximum atomic E-state index is 11.7. The number of guanidine groups is 1. The zero-order valence-corrected chi connectivity index (χ0v) is 15.7. The number of rotatable bonds is 4. The van der Waals surface area contributed by atoms with Crippen LogP contribution in [0.3, 0.4) is 0 Å². The van der Waals surface area contributed by atoms with Crippen LogP contribution in [0.1, 0.15) is 0 Å². The quantitative estimate of drug-likeness (QED) is 0.202. The van der Waals surface area contributed by atoms with E-state index >= 15 is 0 Å². The fourth-order valence-corrected chi connectivity index (χ4v) is 2.84. The Balaban J connectivity index is 0.00000225. The zero-order chi connectivity index (χ0) is 17.6. The van der Waals surface area contributed by atoms with Crippen LogP contribution in [0.25, 0.3) is 0 Å². The Morgan fingerprint density at radius 1 is 1.40 bits per heavy atom. The molecule has 3 rings (SSSR count). The zero-order valence-electron chi connectivity index (χ0n) is 12.6. The molecule has 0 spiro atoms. The number of fused-ring (bicyclic) bond motifs is 1. The van der Waals surface area contributed by atoms with Gasteiger partial charge in [0, 0.05) is 37.7 Å². The molecule has 3 aliphatic rings. The smallest absolute Gasteiger partial charge is 0.387 e. The number of amides is 1. The summed E-state index contributed by atoms with van der Waals surface area (Å²) in [6, 6.07) is -1.00. The summed E-state index contributed by atoms with van der Waals surface area (Å²) >= 11 is 0. The van der Waals surface area contributed by atoms with Crippen LogP contribution in [0.5, 0.6) is 0 Å². The van der Waals surface area contributed by atoms with Crippen LogP contribution in [0.4, 0.5) is 0 Å². The fraction of sp³-hybridized carbons (Fsp3) is 0.600. The van der Waals surface area contributed by atoms with Gasteiger partial charge in [-0.1, -0.05) is 0 Å². The van der Waals surface area contributed by atoms with Crippen molar-refractivity contribution in [2.75, 3.05) is 6.61 Å². The third-order valence-electron chi connectivity index (χ3n) is 3.58. The van der Waals surface area contributed by atoms with Crippen molar-refractivity contribution < 1.29 is 38.6 Å². The van der Waals surface area contributed by atoms with E-state index < -0.39 is 56.9 Å². The van der Waals surface area contributed by atoms with Gasteiger partial charge in [0.05, 0.1) is 12.9 Å². The number of carbonyl (C=O) groups excluding carboxylic acids is 1. The summed E-state index contributed by atoms with van der Waals surface area (Å²) in [7, 11) is -4.77. The van der Waals surface area contributed by atoms with Gasteiger partial charge < -0.3 is 24.7 Å². The number of hydrogen-bond donors (Lipinski definition) is 6. The minimum atomic E-state index is -4.77. The van der Waals surface area contributed by atoms with Crippen molar-refractivity contribution in [1.29, 1.82) is 5.41 Å². The van der Waals surface area contributed by atoms with Gasteiger partial charge in [-0.3, -0.25) is 29.9 Å². The van der Waals surface area contributed by atoms with Crippen LogP contribution in [0, 0.1) is 5.41 Å². The summed E-state index contributed by atoms with van der Waals surface area (Å²) in [5.41, 5.74) is 0. The molecule has 13 nitrogen and oxygen atoms in total. The molecule has 0 aliphatic carbocycles. The van der Waals surface area contributed by atoms with Gasteiger partial charge in [-0.05, 0) is 0 Å². The van der Waals surface area contributed by atoms with E-state index in [1.165, 1.54) is 11.2 Å². The topological polar surface area (TPSA) is 197 Å². The number of nitrogens with zero attached hydrogens (tertiary/aromatic N) is 3. The molecule has 1 fully saturated rings. The fourth-order valence-electron chi connectivity index (χ4n) is 2.50. The first kappa shape index (κ1) is 20.8. The number of aliphatic hydroxyl groups excluding tert-OH is 2. The molecule has 3 aliphatic heterocycles. The number of amidine groups is 1. The van der Waals surface area contributed by atoms with Crippen molar-refractivity contribution >= 4 is 69.6 Å². The standard InChI is InChI=1S/C10H14N5O8P.Ca/c11-10-13-7-4(8(18)14-10)12-2-15(7)9-6(17)5(16)3(23-9)1-22-24(19,20)21;/h2-6,9,16-17H,1H2,(H2,11,14,18)(H2,19,20,21);/t3-,4?,5-,6-,9-;/m1./s1. The molecular formula is C10H14CaN5O8P. The van der Waals surface area contributed by atoms with E-state index in [0.717, 1.165) is 0 Å². The van der Waals surface area contributed by atoms with E-state index in [2.05, 4.69) is 19.8 Å². The Morgan fingerprint density at radius 3 is 2.72 bits per heavy atom. The summed E-state index contributed by atoms with van der Waals surface area (Å²) in [5, 5.41) is 29.7. The maximum Gasteiger partial charge on any atom is 0.469 e. The number of ether oxygens (including phenoxy) is 1. The Kier molecular flexibility index (Phi) is 6.37. The van der Waals surface area contributed by atoms with Gasteiger partial charge in [-0.25, -0.2) is 4.57 Å². The number of nitrogens with one attached hydrogen (secondary N) is 2. The molecule has 5 atom stereocenters. The van der Waals surface area contributed by atoms with Gasteiger partial charge >= 0.3 is 7.82 Å². The van der Waals surface area contributed by atoms with E-state index in [9.17, 15) is 19.6 Å². The second-order valence-corrected chi connectivity index (χ2v) is 6.45. The van der Waals surface area contributed by atoms with Crippen LogP contribution in [0.2, 0.25) is 0 Å². The van der Waals surface area contributed by atoms with Crippen molar-refractivity contribution in [2.45, 2.75) is 30.6 Å². The molecule has 0 bridgehead atoms. The number of carbonyl (C=O) groups is 1. The molecule has 15 heteroatoms. The third kappa shape index (κ3) is 4.27. The molecule has 3 heterocycles. The van der Waals surface area contributed by atoms with Crippen LogP contribution in [-0.2, 0) is 18.6 Å². The van der Waals surface area contributed by atoms with Crippen LogP contribution < -0.4 is 5.32 Å². The number of phosphoric ester groups is 1. The van der Waals surface area contributed by atoms with Crippen LogP contribution in [-0.4, -0.2) is 124 Å². The molecule has 1 amide bonds. The number of aliphatic hydroxyl groups is 2. The summed E-state index contributed by atoms with van der Waals surface area (Å²) in [4.78, 5) is 38.0. The predicted octanol–water partition coefficient (Wildman–Crippen LogP) is -3.66. The van der Waals surface area contributed by atoms with Gasteiger partial charge in [-0.15, -0.1) is 0 Å². The molecule has 6 N–H and O–H groups in total. The second kappa shape index (κ2) is 7.64. The van der Waals surface area contributed by atoms with E-state index in [4.69, 9.17) is 19.9 Å². The Bertz CT molecular complexity index is 682. The average Bonchev–Trinajstić information content (AvgIpc) is 3.00. The largest absolute Gasteiger partial charge is 0.469 e. The van der Waals surface area contributed by atoms with Gasteiger partial charge in [0.1, 0.15) is 18.3 Å². The summed E-state index contributed by atoms with van der Waals surface area (Å²) in [6.45, 7) is -0.657. The van der Waals surface area contributed by atoms with Crippen molar-refractivity contribution in [3.8, 4) is 0 Å². The molecular weight excluding hydrogens is 389 g/mol. The number of aliphatic imine (C=N–C) groups is 2. The molecule has 134 valence electrons. The molecule has 0 aromatic rings. The predicted molar refractivity (Wildman–Crippen MR) is 81.8 cm³/mol. The van der Waals surface area contributed by atoms with Gasteiger partial charge in [0.15, 0.2) is 18.1 Å². The molecule has 25 heavy (non-hydrogen) atoms. The number of phosphoric acid groups is 1. The molecule has 0 saturated carbocycles. The second-order valence-electron chi connectivity index (χ2n) is 5.21. The summed E-state index contributed by atoms with van der Waals surface area (Å²) in [6.07, 6.45) is -4.23. The molecule has 0 aromatic carbocycles. The first-order chi connectivity index (χ1) is 11.2. The molecule has 1 saturated heterocycles. The van der Waals surface area contributed by atoms with E-state index in [1.807, 2.05) is 0 Å². The number of hydrogen-bond acceptors (Lipinski definition) is 9. The van der Waals surface area contributed by atoms with Crippen molar-refractivity contribution in [2.24, 2.45) is 9.98 Å². The molecule has 0 aromatic heterocycles. The molecule has 1 unspecified atom stereocenters. The Morgan fingerprint density at radius 2 is 2.08 bits per heavy atom. The maximum absolute atomic E-state index is 11.7. The van der Waals surface area contributed by atoms with E-state index in [-0.39, 0.29) is 43.6 Å². The first-order valence-electron chi connectivity index (χ1n) is 6.68. The SMILES string of the molecule is N=C1N=C2C(N=CN2[C@@H]2O[C@H](COP(=O)(O)O)[C@@H](O)[C@H]2O)C(=O)N1.[Ca]. The van der Waals surface area contributed by atoms with Crippen molar-refractivity contribution in [3.05, 3.63) is 0 Å². The van der Waals surface area contributed by atoms with E-state index in [0.29, 0.717) is 0 Å². The van der Waals surface area contributed by atoms with Crippen LogP contribution in [0.15, 0.2) is 9.98 Å². The normalized spacial score (nSPS) is 34.5. The molecule has 2 radical (unpaired) electrons. The van der Waals surface area contributed by atoms with E-state index in [1.54, 1.807) is 0 Å². The summed E-state index contributed by atoms with van der Waals surface area (Å²) in [5.74, 6) is -0.939. The van der Waals surface area contributed by atoms with Gasteiger partial charge in [-0.2, -0.15) is 4.99 Å². The van der Waals surface area contributed by atoms with Crippen LogP contribution >= 0.6 is 7.82 Å². The Labute approximate surface area is 170 Å². The summed E-state index contributed by atoms with van der Waals surface area (Å²) < 4.78 is 20.4.